The van der Waals surface area contributed by atoms with Gasteiger partial charge >= 0.3 is 6.09 Å². The number of piperidine rings is 1. The van der Waals surface area contributed by atoms with E-state index < -0.39 is 5.82 Å². The molecule has 0 radical (unpaired) electrons. The van der Waals surface area contributed by atoms with Crippen molar-refractivity contribution in [3.05, 3.63) is 41.5 Å². The summed E-state index contributed by atoms with van der Waals surface area (Å²) in [6.45, 7) is 4.89. The monoisotopic (exact) mass is 507 g/mol. The number of halogens is 1. The predicted molar refractivity (Wildman–Crippen MR) is 130 cm³/mol. The zero-order chi connectivity index (χ0) is 26.1. The largest absolute Gasteiger partial charge is 0.491 e. The first kappa shape index (κ1) is 27.2. The van der Waals surface area contributed by atoms with Gasteiger partial charge in [0.05, 0.1) is 44.2 Å². The fourth-order valence-electron chi connectivity index (χ4n) is 3.72. The Kier molecular flexibility index (Phi) is 9.88. The molecule has 3 N–H and O–H groups in total. The number of hydrogen-bond donors (Lipinski definition) is 3. The minimum atomic E-state index is -0.540. The number of carbonyl (C=O) groups is 2. The highest BCUT2D eigenvalue weighted by molar-refractivity contribution is 6.06. The van der Waals surface area contributed by atoms with Gasteiger partial charge in [0.15, 0.2) is 11.6 Å². The van der Waals surface area contributed by atoms with Crippen LogP contribution < -0.4 is 10.6 Å². The van der Waals surface area contributed by atoms with Crippen LogP contribution in [0.4, 0.5) is 14.9 Å². The molecule has 1 aromatic rings. The fourth-order valence-corrected chi connectivity index (χ4v) is 3.72. The third-order valence-corrected chi connectivity index (χ3v) is 5.49. The van der Waals surface area contributed by atoms with E-state index in [0.717, 1.165) is 0 Å². The van der Waals surface area contributed by atoms with Gasteiger partial charge in [-0.25, -0.2) is 19.2 Å². The van der Waals surface area contributed by atoms with Crippen molar-refractivity contribution in [1.29, 1.82) is 0 Å². The summed E-state index contributed by atoms with van der Waals surface area (Å²) >= 11 is 0. The SMILES string of the molecule is COC1=CN(OC2CCN(C(=O)OC(C)C)CC2)CN=C1Nc1ccc(CC(=O)NCCO)cc1F. The van der Waals surface area contributed by atoms with Crippen LogP contribution in [0.3, 0.4) is 0 Å². The number of likely N-dealkylation sites (tertiary alicyclic amines) is 1. The molecule has 36 heavy (non-hydrogen) atoms. The maximum absolute atomic E-state index is 14.7. The molecular weight excluding hydrogens is 473 g/mol. The molecule has 0 aromatic heterocycles. The van der Waals surface area contributed by atoms with E-state index in [4.69, 9.17) is 19.4 Å². The molecule has 3 rings (SSSR count). The lowest BCUT2D eigenvalue weighted by Gasteiger charge is -2.34. The highest BCUT2D eigenvalue weighted by Crippen LogP contribution is 2.21. The van der Waals surface area contributed by atoms with Crippen LogP contribution in [0.5, 0.6) is 0 Å². The van der Waals surface area contributed by atoms with E-state index in [-0.39, 0.29) is 56.1 Å². The number of hydrogen-bond acceptors (Lipinski definition) is 9. The fraction of sp³-hybridized carbons (Fsp3) is 0.542. The van der Waals surface area contributed by atoms with Crippen LogP contribution in [0.15, 0.2) is 35.2 Å². The minimum Gasteiger partial charge on any atom is -0.491 e. The average Bonchev–Trinajstić information content (AvgIpc) is 2.85. The normalized spacial score (nSPS) is 16.4. The van der Waals surface area contributed by atoms with Crippen molar-refractivity contribution in [3.8, 4) is 0 Å². The lowest BCUT2D eigenvalue weighted by atomic mass is 10.1. The zero-order valence-corrected chi connectivity index (χ0v) is 20.8. The molecule has 2 heterocycles. The summed E-state index contributed by atoms with van der Waals surface area (Å²) in [5, 5.41) is 15.8. The molecule has 1 fully saturated rings. The van der Waals surface area contributed by atoms with Gasteiger partial charge in [-0.1, -0.05) is 6.07 Å². The number of amides is 2. The number of hydroxylamine groups is 2. The Hall–Kier alpha value is -3.38. The minimum absolute atomic E-state index is 0.00546. The van der Waals surface area contributed by atoms with E-state index in [1.807, 2.05) is 13.8 Å². The number of aliphatic hydroxyl groups is 1. The van der Waals surface area contributed by atoms with E-state index in [0.29, 0.717) is 43.1 Å². The molecule has 2 aliphatic rings. The van der Waals surface area contributed by atoms with E-state index in [2.05, 4.69) is 15.6 Å². The molecule has 198 valence electrons. The predicted octanol–water partition coefficient (Wildman–Crippen LogP) is 1.99. The van der Waals surface area contributed by atoms with Crippen molar-refractivity contribution in [1.82, 2.24) is 15.3 Å². The summed E-state index contributed by atoms with van der Waals surface area (Å²) in [6.07, 6.45) is 2.40. The molecular formula is C24H34FN5O6. The summed E-state index contributed by atoms with van der Waals surface area (Å²) in [5.74, 6) is -0.129. The third-order valence-electron chi connectivity index (χ3n) is 5.49. The van der Waals surface area contributed by atoms with Gasteiger partial charge in [-0.15, -0.1) is 0 Å². The highest BCUT2D eigenvalue weighted by Gasteiger charge is 2.27. The van der Waals surface area contributed by atoms with Crippen LogP contribution in [0.25, 0.3) is 0 Å². The van der Waals surface area contributed by atoms with Gasteiger partial charge in [0.1, 0.15) is 12.5 Å². The van der Waals surface area contributed by atoms with Gasteiger partial charge in [0, 0.05) is 19.6 Å². The van der Waals surface area contributed by atoms with Crippen LogP contribution in [-0.4, -0.2) is 85.1 Å². The van der Waals surface area contributed by atoms with E-state index in [1.165, 1.54) is 19.2 Å². The summed E-state index contributed by atoms with van der Waals surface area (Å²) in [6, 6.07) is 4.45. The standard InChI is InChI=1S/C24H34FN5O6/c1-16(2)35-24(33)29-9-6-18(7-10-29)36-30-14-21(34-3)23(27-15-30)28-20-5-4-17(12-19(20)25)13-22(32)26-8-11-31/h4-5,12,14,16,18,31H,6-11,13,15H2,1-3H3,(H,26,32)(H,27,28). The van der Waals surface area contributed by atoms with Gasteiger partial charge in [0.25, 0.3) is 0 Å². The van der Waals surface area contributed by atoms with Gasteiger partial charge in [-0.2, -0.15) is 0 Å². The number of carbonyl (C=O) groups excluding carboxylic acids is 2. The molecule has 0 unspecified atom stereocenters. The number of rotatable bonds is 9. The Labute approximate surface area is 209 Å². The van der Waals surface area contributed by atoms with Crippen molar-refractivity contribution < 1.29 is 33.4 Å². The molecule has 2 amide bonds. The zero-order valence-electron chi connectivity index (χ0n) is 20.8. The molecule has 1 saturated heterocycles. The Morgan fingerprint density at radius 3 is 2.67 bits per heavy atom. The number of aliphatic imine (C=N–C) groups is 1. The first-order chi connectivity index (χ1) is 17.3. The molecule has 1 aromatic carbocycles. The van der Waals surface area contributed by atoms with Gasteiger partial charge in [-0.3, -0.25) is 9.63 Å². The van der Waals surface area contributed by atoms with E-state index in [9.17, 15) is 14.0 Å². The molecule has 0 saturated carbocycles. The van der Waals surface area contributed by atoms with Gasteiger partial charge < -0.3 is 30.1 Å². The maximum atomic E-state index is 14.7. The smallest absolute Gasteiger partial charge is 0.410 e. The topological polar surface area (TPSA) is 125 Å². The molecule has 0 spiro atoms. The molecule has 2 aliphatic heterocycles. The van der Waals surface area contributed by atoms with Crippen molar-refractivity contribution >= 4 is 23.5 Å². The number of anilines is 1. The van der Waals surface area contributed by atoms with Crippen LogP contribution >= 0.6 is 0 Å². The number of amidine groups is 1. The summed E-state index contributed by atoms with van der Waals surface area (Å²) in [7, 11) is 1.48. The Balaban J connectivity index is 1.52. The van der Waals surface area contributed by atoms with Crippen LogP contribution in [-0.2, 0) is 25.5 Å². The van der Waals surface area contributed by atoms with Crippen molar-refractivity contribution in [3.63, 3.8) is 0 Å². The van der Waals surface area contributed by atoms with Crippen molar-refractivity contribution in [2.75, 3.05) is 45.3 Å². The second kappa shape index (κ2) is 13.1. The van der Waals surface area contributed by atoms with Crippen molar-refractivity contribution in [2.45, 2.75) is 45.3 Å². The second-order valence-electron chi connectivity index (χ2n) is 8.68. The van der Waals surface area contributed by atoms with E-state index in [1.54, 1.807) is 22.2 Å². The quantitative estimate of drug-likeness (QED) is 0.464. The first-order valence-corrected chi connectivity index (χ1v) is 11.9. The molecule has 0 atom stereocenters. The maximum Gasteiger partial charge on any atom is 0.410 e. The highest BCUT2D eigenvalue weighted by atomic mass is 19.1. The number of ether oxygens (including phenoxy) is 2. The van der Waals surface area contributed by atoms with Crippen molar-refractivity contribution in [2.24, 2.45) is 4.99 Å². The van der Waals surface area contributed by atoms with Crippen LogP contribution in [0, 0.1) is 5.82 Å². The number of aliphatic hydroxyl groups excluding tert-OH is 1. The van der Waals surface area contributed by atoms with Gasteiger partial charge in [0.2, 0.25) is 5.91 Å². The number of benzene rings is 1. The molecule has 0 aliphatic carbocycles. The van der Waals surface area contributed by atoms with E-state index >= 15 is 0 Å². The number of methoxy groups -OCH3 is 1. The molecule has 11 nitrogen and oxygen atoms in total. The lowest BCUT2D eigenvalue weighted by molar-refractivity contribution is -0.176. The lowest BCUT2D eigenvalue weighted by Crippen LogP contribution is -2.43. The summed E-state index contributed by atoms with van der Waals surface area (Å²) < 4.78 is 25.3. The van der Waals surface area contributed by atoms with Gasteiger partial charge in [-0.05, 0) is 44.4 Å². The van der Waals surface area contributed by atoms with Crippen LogP contribution in [0.2, 0.25) is 0 Å². The number of nitrogens with one attached hydrogen (secondary N) is 2. The Morgan fingerprint density at radius 2 is 2.03 bits per heavy atom. The Morgan fingerprint density at radius 1 is 1.28 bits per heavy atom. The average molecular weight is 508 g/mol. The number of nitrogens with zero attached hydrogens (tertiary/aromatic N) is 3. The van der Waals surface area contributed by atoms with Crippen LogP contribution in [0.1, 0.15) is 32.3 Å². The third kappa shape index (κ3) is 7.82. The molecule has 12 heteroatoms. The summed E-state index contributed by atoms with van der Waals surface area (Å²) in [5.41, 5.74) is 0.691. The Bertz CT molecular complexity index is 978. The molecule has 0 bridgehead atoms. The second-order valence-corrected chi connectivity index (χ2v) is 8.68. The summed E-state index contributed by atoms with van der Waals surface area (Å²) in [4.78, 5) is 35.9. The first-order valence-electron chi connectivity index (χ1n) is 11.9.